The second kappa shape index (κ2) is 10.2. The van der Waals surface area contributed by atoms with Crippen molar-refractivity contribution in [1.82, 2.24) is 19.8 Å². The van der Waals surface area contributed by atoms with E-state index in [4.69, 9.17) is 0 Å². The van der Waals surface area contributed by atoms with E-state index >= 15 is 0 Å². The zero-order valence-electron chi connectivity index (χ0n) is 18.0. The molecule has 1 aliphatic rings. The van der Waals surface area contributed by atoms with E-state index < -0.39 is 0 Å². The molecule has 1 atom stereocenters. The van der Waals surface area contributed by atoms with Crippen molar-refractivity contribution in [3.05, 3.63) is 58.8 Å². The van der Waals surface area contributed by atoms with Crippen LogP contribution in [0.4, 0.5) is 5.69 Å². The third-order valence-corrected chi connectivity index (χ3v) is 5.24. The minimum absolute atomic E-state index is 0.0230. The third kappa shape index (κ3) is 5.79. The number of anilines is 1. The van der Waals surface area contributed by atoms with Gasteiger partial charge in [0.2, 0.25) is 5.91 Å². The second-order valence-corrected chi connectivity index (χ2v) is 7.95. The Morgan fingerprint density at radius 2 is 2.20 bits per heavy atom. The van der Waals surface area contributed by atoms with Gasteiger partial charge in [0, 0.05) is 55.4 Å². The summed E-state index contributed by atoms with van der Waals surface area (Å²) in [5, 5.41) is 3.36. The van der Waals surface area contributed by atoms with Gasteiger partial charge in [0.25, 0.3) is 5.56 Å². The van der Waals surface area contributed by atoms with E-state index in [9.17, 15) is 9.59 Å². The fourth-order valence-corrected chi connectivity index (χ4v) is 3.59. The molecule has 0 radical (unpaired) electrons. The molecule has 1 amide bonds. The summed E-state index contributed by atoms with van der Waals surface area (Å²) in [6, 6.07) is 5.91. The molecule has 0 bridgehead atoms. The third-order valence-electron chi connectivity index (χ3n) is 5.24. The number of hydrogen-bond donors (Lipinski definition) is 2. The van der Waals surface area contributed by atoms with Gasteiger partial charge in [0.1, 0.15) is 5.69 Å². The molecular weight excluding hydrogens is 378 g/mol. The summed E-state index contributed by atoms with van der Waals surface area (Å²) in [6.07, 6.45) is 9.74. The number of likely N-dealkylation sites (N-methyl/N-ethyl adjacent to an activating group) is 1. The number of aromatic nitrogens is 2. The summed E-state index contributed by atoms with van der Waals surface area (Å²) >= 11 is 0. The molecule has 2 aromatic rings. The molecular formula is C23H31N5O2. The van der Waals surface area contributed by atoms with Crippen molar-refractivity contribution in [3.8, 4) is 11.1 Å². The molecule has 2 N–H and O–H groups in total. The van der Waals surface area contributed by atoms with Gasteiger partial charge in [-0.3, -0.25) is 14.6 Å². The van der Waals surface area contributed by atoms with E-state index in [0.29, 0.717) is 12.2 Å². The monoisotopic (exact) mass is 409 g/mol. The highest BCUT2D eigenvalue weighted by Crippen LogP contribution is 2.22. The maximum absolute atomic E-state index is 12.5. The first-order chi connectivity index (χ1) is 14.5. The van der Waals surface area contributed by atoms with Crippen LogP contribution in [0.3, 0.4) is 0 Å². The number of rotatable bonds is 7. The smallest absolute Gasteiger partial charge is 0.271 e. The number of carbonyl (C=O) groups excluding carboxylic acids is 1. The van der Waals surface area contributed by atoms with E-state index in [-0.39, 0.29) is 17.5 Å². The van der Waals surface area contributed by atoms with Gasteiger partial charge in [-0.25, -0.2) is 0 Å². The Morgan fingerprint density at radius 1 is 1.37 bits per heavy atom. The zero-order valence-corrected chi connectivity index (χ0v) is 18.0. The van der Waals surface area contributed by atoms with Crippen LogP contribution in [0, 0.1) is 0 Å². The Balaban J connectivity index is 1.70. The summed E-state index contributed by atoms with van der Waals surface area (Å²) in [6.45, 7) is 4.14. The zero-order chi connectivity index (χ0) is 21.5. The van der Waals surface area contributed by atoms with Crippen molar-refractivity contribution in [2.45, 2.75) is 32.2 Å². The van der Waals surface area contributed by atoms with Gasteiger partial charge in [-0.05, 0) is 57.1 Å². The van der Waals surface area contributed by atoms with Gasteiger partial charge in [-0.2, -0.15) is 0 Å². The van der Waals surface area contributed by atoms with Crippen LogP contribution in [0.5, 0.6) is 0 Å². The first-order valence-electron chi connectivity index (χ1n) is 10.5. The van der Waals surface area contributed by atoms with E-state index in [1.807, 2.05) is 48.2 Å². The summed E-state index contributed by atoms with van der Waals surface area (Å²) < 4.78 is 0. The minimum Gasteiger partial charge on any atom is -0.376 e. The molecule has 0 aromatic carbocycles. The van der Waals surface area contributed by atoms with Gasteiger partial charge in [-0.15, -0.1) is 0 Å². The summed E-state index contributed by atoms with van der Waals surface area (Å²) in [5.41, 5.74) is 3.34. The van der Waals surface area contributed by atoms with Crippen LogP contribution in [-0.2, 0) is 11.2 Å². The number of H-pyrrole nitrogens is 1. The molecule has 3 heterocycles. The number of piperidine rings is 1. The molecule has 1 saturated heterocycles. The second-order valence-electron chi connectivity index (χ2n) is 7.95. The van der Waals surface area contributed by atoms with E-state index in [1.54, 1.807) is 18.5 Å². The first kappa shape index (κ1) is 21.8. The fraction of sp³-hybridized carbons (Fsp3) is 0.435. The Morgan fingerprint density at radius 3 is 2.97 bits per heavy atom. The molecule has 1 fully saturated rings. The molecule has 3 rings (SSSR count). The fourth-order valence-electron chi connectivity index (χ4n) is 3.59. The van der Waals surface area contributed by atoms with Gasteiger partial charge < -0.3 is 20.1 Å². The lowest BCUT2D eigenvalue weighted by Gasteiger charge is -2.33. The van der Waals surface area contributed by atoms with E-state index in [1.165, 1.54) is 0 Å². The number of hydrogen-bond acceptors (Lipinski definition) is 5. The average Bonchev–Trinajstić information content (AvgIpc) is 2.75. The van der Waals surface area contributed by atoms with Crippen LogP contribution < -0.4 is 10.9 Å². The number of carbonyl (C=O) groups is 1. The number of likely N-dealkylation sites (tertiary alicyclic amines) is 1. The molecule has 2 aromatic heterocycles. The van der Waals surface area contributed by atoms with Crippen molar-refractivity contribution in [2.24, 2.45) is 0 Å². The summed E-state index contributed by atoms with van der Waals surface area (Å²) in [4.78, 5) is 35.9. The molecule has 0 unspecified atom stereocenters. The molecule has 1 aliphatic heterocycles. The summed E-state index contributed by atoms with van der Waals surface area (Å²) in [5.74, 6) is 0.0230. The van der Waals surface area contributed by atoms with Crippen LogP contribution >= 0.6 is 0 Å². The highest BCUT2D eigenvalue weighted by Gasteiger charge is 2.23. The van der Waals surface area contributed by atoms with Crippen molar-refractivity contribution in [1.29, 1.82) is 0 Å². The van der Waals surface area contributed by atoms with Crippen molar-refractivity contribution in [3.63, 3.8) is 0 Å². The van der Waals surface area contributed by atoms with Gasteiger partial charge >= 0.3 is 0 Å². The predicted molar refractivity (Wildman–Crippen MR) is 121 cm³/mol. The van der Waals surface area contributed by atoms with Crippen LogP contribution in [0.1, 0.15) is 25.5 Å². The topological polar surface area (TPSA) is 81.3 Å². The average molecular weight is 410 g/mol. The normalized spacial score (nSPS) is 16.9. The van der Waals surface area contributed by atoms with Gasteiger partial charge in [0.05, 0.1) is 0 Å². The largest absolute Gasteiger partial charge is 0.376 e. The van der Waals surface area contributed by atoms with Crippen molar-refractivity contribution >= 4 is 11.6 Å². The van der Waals surface area contributed by atoms with Crippen LogP contribution in [0.25, 0.3) is 11.1 Å². The van der Waals surface area contributed by atoms with Gasteiger partial charge in [0.15, 0.2) is 0 Å². The Hall–Kier alpha value is -2.93. The number of aromatic amines is 1. The van der Waals surface area contributed by atoms with Crippen LogP contribution in [0.15, 0.2) is 47.5 Å². The Bertz CT molecular complexity index is 951. The van der Waals surface area contributed by atoms with E-state index in [0.717, 1.165) is 49.2 Å². The maximum Gasteiger partial charge on any atom is 0.271 e. The molecule has 7 nitrogen and oxygen atoms in total. The molecule has 0 aliphatic carbocycles. The lowest BCUT2D eigenvalue weighted by atomic mass is 10.0. The van der Waals surface area contributed by atoms with Crippen LogP contribution in [-0.4, -0.2) is 65.4 Å². The van der Waals surface area contributed by atoms with E-state index in [2.05, 4.69) is 22.2 Å². The molecule has 0 saturated carbocycles. The van der Waals surface area contributed by atoms with Crippen LogP contribution in [0.2, 0.25) is 0 Å². The standard InChI is InChI=1S/C23H31N5O2/c1-4-19-13-17(9-10-24-19)18-14-21(23(30)25-15-18)26-20-7-5-12-28(16-20)22(29)8-6-11-27(2)3/h6,8-10,13-15,20,26H,4-5,7,11-12,16H2,1-3H3,(H,25,30)/b8-6+/t20-/m1/s1. The number of nitrogens with zero attached hydrogens (tertiary/aromatic N) is 3. The number of aryl methyl sites for hydroxylation is 1. The maximum atomic E-state index is 12.5. The van der Waals surface area contributed by atoms with Gasteiger partial charge in [-0.1, -0.05) is 13.0 Å². The SMILES string of the molecule is CCc1cc(-c2c[nH]c(=O)c(N[C@@H]3CCCN(C(=O)/C=C/CN(C)C)C3)c2)ccn1. The Labute approximate surface area is 177 Å². The first-order valence-corrected chi connectivity index (χ1v) is 10.5. The minimum atomic E-state index is -0.155. The number of pyridine rings is 2. The van der Waals surface area contributed by atoms with Crippen molar-refractivity contribution < 1.29 is 4.79 Å². The number of nitrogens with one attached hydrogen (secondary N) is 2. The number of amides is 1. The Kier molecular flexibility index (Phi) is 7.41. The predicted octanol–water partition coefficient (Wildman–Crippen LogP) is 2.52. The molecule has 160 valence electrons. The quantitative estimate of drug-likeness (QED) is 0.687. The van der Waals surface area contributed by atoms with Crippen molar-refractivity contribution in [2.75, 3.05) is 39.0 Å². The molecule has 7 heteroatoms. The molecule has 0 spiro atoms. The summed E-state index contributed by atoms with van der Waals surface area (Å²) in [7, 11) is 3.94. The highest BCUT2D eigenvalue weighted by molar-refractivity contribution is 5.87. The lowest BCUT2D eigenvalue weighted by Crippen LogP contribution is -2.45. The highest BCUT2D eigenvalue weighted by atomic mass is 16.2. The lowest BCUT2D eigenvalue weighted by molar-refractivity contribution is -0.127. The molecule has 30 heavy (non-hydrogen) atoms.